The molecule has 1 unspecified atom stereocenters. The predicted octanol–water partition coefficient (Wildman–Crippen LogP) is 3.02. The van der Waals surface area contributed by atoms with Gasteiger partial charge in [-0.1, -0.05) is 32.4 Å². The minimum Gasteiger partial charge on any atom is -0.258 e. The predicted molar refractivity (Wildman–Crippen MR) is 75.2 cm³/mol. The summed E-state index contributed by atoms with van der Waals surface area (Å²) in [6.45, 7) is 5.68. The standard InChI is InChI=1S/C10H15ClN2O4S2/c1-4-7(6(2)3)12-19(16,17)9-5-8(13(14)15)10(11)18-9/h5-7,12H,4H2,1-3H3. The first-order valence-corrected chi connectivity index (χ1v) is 8.32. The fraction of sp³-hybridized carbons (Fsp3) is 0.600. The van der Waals surface area contributed by atoms with Gasteiger partial charge in [0.2, 0.25) is 0 Å². The second-order valence-electron chi connectivity index (χ2n) is 4.36. The Morgan fingerprint density at radius 2 is 2.11 bits per heavy atom. The highest BCUT2D eigenvalue weighted by atomic mass is 35.5. The Hall–Kier alpha value is -0.700. The molecule has 0 aromatic carbocycles. The maximum Gasteiger partial charge on any atom is 0.300 e. The van der Waals surface area contributed by atoms with Gasteiger partial charge in [-0.25, -0.2) is 13.1 Å². The van der Waals surface area contributed by atoms with Crippen LogP contribution in [0.5, 0.6) is 0 Å². The van der Waals surface area contributed by atoms with Crippen molar-refractivity contribution < 1.29 is 13.3 Å². The van der Waals surface area contributed by atoms with Crippen LogP contribution < -0.4 is 4.72 Å². The first kappa shape index (κ1) is 16.4. The van der Waals surface area contributed by atoms with Crippen molar-refractivity contribution in [3.05, 3.63) is 20.5 Å². The molecule has 0 amide bonds. The molecule has 1 heterocycles. The quantitative estimate of drug-likeness (QED) is 0.642. The highest BCUT2D eigenvalue weighted by molar-refractivity contribution is 7.91. The fourth-order valence-corrected chi connectivity index (χ4v) is 4.69. The van der Waals surface area contributed by atoms with Gasteiger partial charge in [0, 0.05) is 12.1 Å². The van der Waals surface area contributed by atoms with Crippen LogP contribution in [0.2, 0.25) is 4.34 Å². The van der Waals surface area contributed by atoms with Gasteiger partial charge in [-0.15, -0.1) is 11.3 Å². The smallest absolute Gasteiger partial charge is 0.258 e. The maximum absolute atomic E-state index is 12.1. The Morgan fingerprint density at radius 3 is 2.47 bits per heavy atom. The first-order chi connectivity index (χ1) is 8.69. The minimum absolute atomic E-state index is 0.130. The molecule has 1 N–H and O–H groups in total. The van der Waals surface area contributed by atoms with Gasteiger partial charge in [-0.2, -0.15) is 0 Å². The van der Waals surface area contributed by atoms with Crippen LogP contribution in [-0.2, 0) is 10.0 Å². The summed E-state index contributed by atoms with van der Waals surface area (Å²) < 4.78 is 26.5. The topological polar surface area (TPSA) is 89.3 Å². The van der Waals surface area contributed by atoms with E-state index in [-0.39, 0.29) is 26.2 Å². The van der Waals surface area contributed by atoms with E-state index in [9.17, 15) is 18.5 Å². The van der Waals surface area contributed by atoms with E-state index < -0.39 is 14.9 Å². The van der Waals surface area contributed by atoms with Crippen molar-refractivity contribution in [2.75, 3.05) is 0 Å². The van der Waals surface area contributed by atoms with Crippen molar-refractivity contribution >= 4 is 38.6 Å². The van der Waals surface area contributed by atoms with Crippen LogP contribution >= 0.6 is 22.9 Å². The van der Waals surface area contributed by atoms with Gasteiger partial charge in [-0.3, -0.25) is 10.1 Å². The number of nitrogens with one attached hydrogen (secondary N) is 1. The third kappa shape index (κ3) is 3.88. The van der Waals surface area contributed by atoms with E-state index in [4.69, 9.17) is 11.6 Å². The summed E-state index contributed by atoms with van der Waals surface area (Å²) in [5, 5.41) is 10.7. The minimum atomic E-state index is -3.77. The van der Waals surface area contributed by atoms with Gasteiger partial charge in [-0.05, 0) is 12.3 Å². The molecule has 0 aliphatic heterocycles. The molecule has 0 spiro atoms. The molecule has 0 bridgehead atoms. The third-order valence-corrected chi connectivity index (χ3v) is 5.96. The molecule has 0 aliphatic carbocycles. The Bertz CT molecular complexity index is 568. The number of sulfonamides is 1. The summed E-state index contributed by atoms with van der Waals surface area (Å²) in [5.41, 5.74) is -0.385. The van der Waals surface area contributed by atoms with Gasteiger partial charge in [0.05, 0.1) is 4.92 Å². The molecule has 6 nitrogen and oxygen atoms in total. The summed E-state index contributed by atoms with van der Waals surface area (Å²) in [6, 6.07) is 0.771. The summed E-state index contributed by atoms with van der Waals surface area (Å²) in [7, 11) is -3.77. The normalized spacial score (nSPS) is 13.7. The van der Waals surface area contributed by atoms with Gasteiger partial charge >= 0.3 is 0 Å². The van der Waals surface area contributed by atoms with Crippen LogP contribution in [0, 0.1) is 16.0 Å². The SMILES string of the molecule is CCC(NS(=O)(=O)c1cc([N+](=O)[O-])c(Cl)s1)C(C)C. The van der Waals surface area contributed by atoms with E-state index in [0.717, 1.165) is 6.07 Å². The molecule has 1 rings (SSSR count). The van der Waals surface area contributed by atoms with Crippen molar-refractivity contribution in [2.45, 2.75) is 37.4 Å². The van der Waals surface area contributed by atoms with E-state index in [0.29, 0.717) is 17.8 Å². The van der Waals surface area contributed by atoms with E-state index in [2.05, 4.69) is 4.72 Å². The van der Waals surface area contributed by atoms with Crippen LogP contribution in [0.15, 0.2) is 10.3 Å². The van der Waals surface area contributed by atoms with Gasteiger partial charge in [0.25, 0.3) is 15.7 Å². The molecular weight excluding hydrogens is 312 g/mol. The van der Waals surface area contributed by atoms with Crippen molar-refractivity contribution in [1.29, 1.82) is 0 Å². The van der Waals surface area contributed by atoms with Crippen LogP contribution in [-0.4, -0.2) is 19.4 Å². The molecule has 0 fully saturated rings. The number of nitrogens with zero attached hydrogens (tertiary/aromatic N) is 1. The number of halogens is 1. The fourth-order valence-electron chi connectivity index (χ4n) is 1.54. The number of hydrogen-bond acceptors (Lipinski definition) is 5. The highest BCUT2D eigenvalue weighted by Gasteiger charge is 2.27. The van der Waals surface area contributed by atoms with Crippen LogP contribution in [0.3, 0.4) is 0 Å². The Kier molecular flexibility index (Phi) is 5.31. The maximum atomic E-state index is 12.1. The zero-order valence-electron chi connectivity index (χ0n) is 10.7. The Morgan fingerprint density at radius 1 is 1.53 bits per heavy atom. The molecule has 108 valence electrons. The Labute approximate surface area is 121 Å². The lowest BCUT2D eigenvalue weighted by Gasteiger charge is -2.19. The lowest BCUT2D eigenvalue weighted by molar-refractivity contribution is -0.384. The van der Waals surface area contributed by atoms with E-state index in [1.54, 1.807) is 0 Å². The van der Waals surface area contributed by atoms with Crippen LogP contribution in [0.25, 0.3) is 0 Å². The number of rotatable bonds is 6. The molecule has 9 heteroatoms. The van der Waals surface area contributed by atoms with Gasteiger partial charge < -0.3 is 0 Å². The summed E-state index contributed by atoms with van der Waals surface area (Å²) >= 11 is 6.35. The largest absolute Gasteiger partial charge is 0.300 e. The van der Waals surface area contributed by atoms with E-state index >= 15 is 0 Å². The third-order valence-electron chi connectivity index (χ3n) is 2.66. The average Bonchev–Trinajstić information content (AvgIpc) is 2.68. The lowest BCUT2D eigenvalue weighted by Crippen LogP contribution is -2.37. The molecular formula is C10H15ClN2O4S2. The molecule has 1 atom stereocenters. The average molecular weight is 327 g/mol. The summed E-state index contributed by atoms with van der Waals surface area (Å²) in [4.78, 5) is 9.96. The zero-order chi connectivity index (χ0) is 14.8. The molecule has 0 saturated carbocycles. The van der Waals surface area contributed by atoms with Crippen molar-refractivity contribution in [2.24, 2.45) is 5.92 Å². The Balaban J connectivity index is 3.07. The first-order valence-electron chi connectivity index (χ1n) is 5.65. The number of hydrogen-bond donors (Lipinski definition) is 1. The van der Waals surface area contributed by atoms with Crippen molar-refractivity contribution in [3.63, 3.8) is 0 Å². The second kappa shape index (κ2) is 6.17. The van der Waals surface area contributed by atoms with Gasteiger partial charge in [0.15, 0.2) is 4.34 Å². The van der Waals surface area contributed by atoms with Gasteiger partial charge in [0.1, 0.15) is 4.21 Å². The molecule has 1 aromatic rings. The monoisotopic (exact) mass is 326 g/mol. The highest BCUT2D eigenvalue weighted by Crippen LogP contribution is 2.36. The van der Waals surface area contributed by atoms with Crippen LogP contribution in [0.4, 0.5) is 5.69 Å². The molecule has 0 radical (unpaired) electrons. The van der Waals surface area contributed by atoms with Crippen molar-refractivity contribution in [3.8, 4) is 0 Å². The van der Waals surface area contributed by atoms with Crippen molar-refractivity contribution in [1.82, 2.24) is 4.72 Å². The van der Waals surface area contributed by atoms with E-state index in [1.165, 1.54) is 0 Å². The van der Waals surface area contributed by atoms with Crippen LogP contribution in [0.1, 0.15) is 27.2 Å². The zero-order valence-corrected chi connectivity index (χ0v) is 13.1. The number of nitro groups is 1. The summed E-state index contributed by atoms with van der Waals surface area (Å²) in [6.07, 6.45) is 0.637. The molecule has 0 saturated heterocycles. The number of thiophene rings is 1. The lowest BCUT2D eigenvalue weighted by atomic mass is 10.0. The molecule has 19 heavy (non-hydrogen) atoms. The molecule has 0 aliphatic rings. The van der Waals surface area contributed by atoms with E-state index in [1.807, 2.05) is 20.8 Å². The molecule has 1 aromatic heterocycles. The second-order valence-corrected chi connectivity index (χ2v) is 7.96. The summed E-state index contributed by atoms with van der Waals surface area (Å²) in [5.74, 6) is 0.130.